The largest absolute Gasteiger partial charge is 0.383 e. The first-order chi connectivity index (χ1) is 10.2. The lowest BCUT2D eigenvalue weighted by atomic mass is 10.2. The van der Waals surface area contributed by atoms with Crippen molar-refractivity contribution in [2.75, 3.05) is 18.4 Å². The molecule has 21 heavy (non-hydrogen) atoms. The van der Waals surface area contributed by atoms with Crippen LogP contribution in [0.25, 0.3) is 0 Å². The monoisotopic (exact) mass is 306 g/mol. The number of non-ortho nitro benzene ring substituents is 1. The SMILES string of the molecule is O=[N+]([O-])c1ccc(NCCNCc2ccncc2)c(Cl)c1. The normalized spacial score (nSPS) is 10.3. The zero-order chi connectivity index (χ0) is 15.1. The van der Waals surface area contributed by atoms with E-state index in [1.165, 1.54) is 17.7 Å². The highest BCUT2D eigenvalue weighted by atomic mass is 35.5. The number of nitro groups is 1. The van der Waals surface area contributed by atoms with Gasteiger partial charge in [-0.3, -0.25) is 15.1 Å². The highest BCUT2D eigenvalue weighted by Crippen LogP contribution is 2.26. The molecule has 0 saturated heterocycles. The first-order valence-electron chi connectivity index (χ1n) is 6.44. The van der Waals surface area contributed by atoms with Gasteiger partial charge in [-0.1, -0.05) is 11.6 Å². The Labute approximate surface area is 127 Å². The molecule has 1 heterocycles. The minimum absolute atomic E-state index is 0.0126. The van der Waals surface area contributed by atoms with Gasteiger partial charge in [0, 0.05) is 44.2 Å². The van der Waals surface area contributed by atoms with Gasteiger partial charge in [0.25, 0.3) is 5.69 Å². The minimum Gasteiger partial charge on any atom is -0.383 e. The van der Waals surface area contributed by atoms with E-state index in [1.54, 1.807) is 18.5 Å². The highest BCUT2D eigenvalue weighted by Gasteiger charge is 2.08. The average molecular weight is 307 g/mol. The zero-order valence-electron chi connectivity index (χ0n) is 11.3. The van der Waals surface area contributed by atoms with Gasteiger partial charge in [0.05, 0.1) is 15.6 Å². The van der Waals surface area contributed by atoms with E-state index in [0.29, 0.717) is 17.3 Å². The first kappa shape index (κ1) is 15.2. The fourth-order valence-electron chi connectivity index (χ4n) is 1.78. The maximum atomic E-state index is 10.6. The van der Waals surface area contributed by atoms with Crippen molar-refractivity contribution in [3.05, 3.63) is 63.4 Å². The minimum atomic E-state index is -0.466. The average Bonchev–Trinajstić information content (AvgIpc) is 2.49. The first-order valence-corrected chi connectivity index (χ1v) is 6.82. The Morgan fingerprint density at radius 2 is 1.95 bits per heavy atom. The molecule has 0 bridgehead atoms. The molecule has 0 aliphatic carbocycles. The maximum Gasteiger partial charge on any atom is 0.271 e. The van der Waals surface area contributed by atoms with Crippen LogP contribution in [0, 0.1) is 10.1 Å². The zero-order valence-corrected chi connectivity index (χ0v) is 12.0. The summed E-state index contributed by atoms with van der Waals surface area (Å²) in [5.74, 6) is 0. The number of nitrogens with zero attached hydrogens (tertiary/aromatic N) is 2. The molecule has 7 heteroatoms. The van der Waals surface area contributed by atoms with E-state index in [4.69, 9.17) is 11.6 Å². The van der Waals surface area contributed by atoms with E-state index in [1.807, 2.05) is 12.1 Å². The van der Waals surface area contributed by atoms with Gasteiger partial charge >= 0.3 is 0 Å². The summed E-state index contributed by atoms with van der Waals surface area (Å²) in [6.45, 7) is 2.18. The van der Waals surface area contributed by atoms with E-state index >= 15 is 0 Å². The number of hydrogen-bond donors (Lipinski definition) is 2. The van der Waals surface area contributed by atoms with Crippen molar-refractivity contribution < 1.29 is 4.92 Å². The van der Waals surface area contributed by atoms with Gasteiger partial charge in [-0.05, 0) is 23.8 Å². The summed E-state index contributed by atoms with van der Waals surface area (Å²) in [6, 6.07) is 8.29. The van der Waals surface area contributed by atoms with E-state index in [-0.39, 0.29) is 5.69 Å². The molecule has 0 saturated carbocycles. The number of halogens is 1. The molecular weight excluding hydrogens is 292 g/mol. The highest BCUT2D eigenvalue weighted by molar-refractivity contribution is 6.33. The maximum absolute atomic E-state index is 10.6. The van der Waals surface area contributed by atoms with Gasteiger partial charge in [0.2, 0.25) is 0 Å². The lowest BCUT2D eigenvalue weighted by Gasteiger charge is -2.09. The second kappa shape index (κ2) is 7.56. The number of hydrogen-bond acceptors (Lipinski definition) is 5. The standard InChI is InChI=1S/C14H15ClN4O2/c15-13-9-12(19(20)21)1-2-14(13)18-8-7-17-10-11-3-5-16-6-4-11/h1-6,9,17-18H,7-8,10H2. The number of nitrogens with one attached hydrogen (secondary N) is 2. The molecule has 0 radical (unpaired) electrons. The van der Waals surface area contributed by atoms with Crippen LogP contribution in [0.15, 0.2) is 42.7 Å². The van der Waals surface area contributed by atoms with E-state index in [0.717, 1.165) is 13.1 Å². The topological polar surface area (TPSA) is 80.1 Å². The third-order valence-corrected chi connectivity index (χ3v) is 3.17. The molecule has 6 nitrogen and oxygen atoms in total. The molecule has 0 spiro atoms. The van der Waals surface area contributed by atoms with Crippen LogP contribution >= 0.6 is 11.6 Å². The van der Waals surface area contributed by atoms with Crippen LogP contribution in [0.3, 0.4) is 0 Å². The van der Waals surface area contributed by atoms with Crippen LogP contribution in [0.4, 0.5) is 11.4 Å². The lowest BCUT2D eigenvalue weighted by molar-refractivity contribution is -0.384. The third kappa shape index (κ3) is 4.70. The van der Waals surface area contributed by atoms with Gasteiger partial charge in [0.1, 0.15) is 0 Å². The van der Waals surface area contributed by atoms with Crippen molar-refractivity contribution in [3.63, 3.8) is 0 Å². The van der Waals surface area contributed by atoms with E-state index in [2.05, 4.69) is 15.6 Å². The van der Waals surface area contributed by atoms with Crippen LogP contribution < -0.4 is 10.6 Å². The summed E-state index contributed by atoms with van der Waals surface area (Å²) in [4.78, 5) is 14.1. The molecule has 2 N–H and O–H groups in total. The number of aromatic nitrogens is 1. The van der Waals surface area contributed by atoms with Crippen molar-refractivity contribution in [1.29, 1.82) is 0 Å². The number of anilines is 1. The lowest BCUT2D eigenvalue weighted by Crippen LogP contribution is -2.21. The Morgan fingerprint density at radius 3 is 2.62 bits per heavy atom. The Morgan fingerprint density at radius 1 is 1.19 bits per heavy atom. The molecule has 110 valence electrons. The van der Waals surface area contributed by atoms with Gasteiger partial charge in [-0.15, -0.1) is 0 Å². The number of rotatable bonds is 7. The molecule has 0 unspecified atom stereocenters. The summed E-state index contributed by atoms with van der Waals surface area (Å²) in [5.41, 5.74) is 1.84. The molecule has 1 aromatic carbocycles. The molecule has 1 aromatic heterocycles. The van der Waals surface area contributed by atoms with E-state index < -0.39 is 4.92 Å². The van der Waals surface area contributed by atoms with Crippen molar-refractivity contribution in [2.24, 2.45) is 0 Å². The quantitative estimate of drug-likeness (QED) is 0.467. The summed E-state index contributed by atoms with van der Waals surface area (Å²) in [6.07, 6.45) is 3.51. The van der Waals surface area contributed by atoms with Crippen LogP contribution in [0.5, 0.6) is 0 Å². The van der Waals surface area contributed by atoms with E-state index in [9.17, 15) is 10.1 Å². The fourth-order valence-corrected chi connectivity index (χ4v) is 2.02. The molecule has 2 rings (SSSR count). The van der Waals surface area contributed by atoms with Crippen molar-refractivity contribution >= 4 is 23.0 Å². The molecule has 0 amide bonds. The Hall–Kier alpha value is -2.18. The molecule has 0 aliphatic heterocycles. The second-order valence-corrected chi connectivity index (χ2v) is 4.79. The fraction of sp³-hybridized carbons (Fsp3) is 0.214. The van der Waals surface area contributed by atoms with Crippen molar-refractivity contribution in [3.8, 4) is 0 Å². The number of benzene rings is 1. The van der Waals surface area contributed by atoms with Crippen LogP contribution in [-0.4, -0.2) is 23.0 Å². The Kier molecular flexibility index (Phi) is 5.48. The Bertz CT molecular complexity index is 607. The predicted octanol–water partition coefficient (Wildman–Crippen LogP) is 2.84. The summed E-state index contributed by atoms with van der Waals surface area (Å²) < 4.78 is 0. The summed E-state index contributed by atoms with van der Waals surface area (Å²) in [5, 5.41) is 17.4. The third-order valence-electron chi connectivity index (χ3n) is 2.86. The number of pyridine rings is 1. The van der Waals surface area contributed by atoms with Crippen LogP contribution in [0.1, 0.15) is 5.56 Å². The van der Waals surface area contributed by atoms with Gasteiger partial charge in [-0.25, -0.2) is 0 Å². The second-order valence-electron chi connectivity index (χ2n) is 4.38. The molecular formula is C14H15ClN4O2. The molecule has 0 fully saturated rings. The van der Waals surface area contributed by atoms with Crippen molar-refractivity contribution in [2.45, 2.75) is 6.54 Å². The van der Waals surface area contributed by atoms with Crippen LogP contribution in [-0.2, 0) is 6.54 Å². The smallest absolute Gasteiger partial charge is 0.271 e. The van der Waals surface area contributed by atoms with Crippen LogP contribution in [0.2, 0.25) is 5.02 Å². The summed E-state index contributed by atoms with van der Waals surface area (Å²) in [7, 11) is 0. The predicted molar refractivity (Wildman–Crippen MR) is 82.5 cm³/mol. The molecule has 0 atom stereocenters. The molecule has 0 aliphatic rings. The summed E-state index contributed by atoms with van der Waals surface area (Å²) >= 11 is 5.99. The Balaban J connectivity index is 1.75. The van der Waals surface area contributed by atoms with Gasteiger partial charge < -0.3 is 10.6 Å². The molecule has 2 aromatic rings. The van der Waals surface area contributed by atoms with Gasteiger partial charge in [0.15, 0.2) is 0 Å². The number of nitro benzene ring substituents is 1. The van der Waals surface area contributed by atoms with Crippen molar-refractivity contribution in [1.82, 2.24) is 10.3 Å². The van der Waals surface area contributed by atoms with Gasteiger partial charge in [-0.2, -0.15) is 0 Å².